The molecule has 1 aliphatic carbocycles. The van der Waals surface area contributed by atoms with Crippen LogP contribution >= 0.6 is 0 Å². The largest absolute Gasteiger partial charge is 0.452 e. The standard InChI is InChI=1S/C14H17FN2O5S/c1-9(14(19)17-10-6-7-10)22-13(18)8-16-23(20,21)12-5-3-2-4-11(12)15/h2-5,9-10,16H,6-8H2,1H3,(H,17,19)/t9-/m1/s1. The van der Waals surface area contributed by atoms with Crippen molar-refractivity contribution in [1.29, 1.82) is 0 Å². The van der Waals surface area contributed by atoms with Gasteiger partial charge in [-0.05, 0) is 31.9 Å². The molecule has 0 aliphatic heterocycles. The number of hydrogen-bond acceptors (Lipinski definition) is 5. The van der Waals surface area contributed by atoms with Crippen LogP contribution in [0.15, 0.2) is 29.2 Å². The summed E-state index contributed by atoms with van der Waals surface area (Å²) in [6, 6.07) is 4.91. The highest BCUT2D eigenvalue weighted by Crippen LogP contribution is 2.18. The van der Waals surface area contributed by atoms with E-state index in [9.17, 15) is 22.4 Å². The van der Waals surface area contributed by atoms with Crippen molar-refractivity contribution in [1.82, 2.24) is 10.0 Å². The van der Waals surface area contributed by atoms with Gasteiger partial charge < -0.3 is 10.1 Å². The molecule has 0 unspecified atom stereocenters. The number of amides is 1. The zero-order chi connectivity index (χ0) is 17.0. The Morgan fingerprint density at radius 1 is 1.35 bits per heavy atom. The van der Waals surface area contributed by atoms with Crippen molar-refractivity contribution in [3.05, 3.63) is 30.1 Å². The fourth-order valence-corrected chi connectivity index (χ4v) is 2.78. The lowest BCUT2D eigenvalue weighted by molar-refractivity contribution is -0.153. The van der Waals surface area contributed by atoms with Crippen LogP contribution < -0.4 is 10.0 Å². The summed E-state index contributed by atoms with van der Waals surface area (Å²) in [4.78, 5) is 22.7. The van der Waals surface area contributed by atoms with E-state index in [0.717, 1.165) is 25.0 Å². The van der Waals surface area contributed by atoms with Crippen molar-refractivity contribution in [2.24, 2.45) is 0 Å². The number of ether oxygens (including phenoxy) is 1. The van der Waals surface area contributed by atoms with Crippen LogP contribution in [0.4, 0.5) is 4.39 Å². The summed E-state index contributed by atoms with van der Waals surface area (Å²) in [6.07, 6.45) is 0.769. The Kier molecular flexibility index (Phi) is 5.32. The van der Waals surface area contributed by atoms with E-state index in [1.165, 1.54) is 19.1 Å². The maximum atomic E-state index is 13.5. The van der Waals surface area contributed by atoms with Gasteiger partial charge in [0.25, 0.3) is 5.91 Å². The van der Waals surface area contributed by atoms with E-state index in [1.807, 2.05) is 4.72 Å². The van der Waals surface area contributed by atoms with Gasteiger partial charge in [0.2, 0.25) is 10.0 Å². The van der Waals surface area contributed by atoms with Crippen LogP contribution in [0, 0.1) is 5.82 Å². The number of carbonyl (C=O) groups is 2. The molecule has 1 aromatic rings. The van der Waals surface area contributed by atoms with Crippen molar-refractivity contribution in [2.45, 2.75) is 36.8 Å². The van der Waals surface area contributed by atoms with Crippen molar-refractivity contribution in [2.75, 3.05) is 6.54 Å². The number of benzene rings is 1. The molecule has 1 saturated carbocycles. The number of esters is 1. The highest BCUT2D eigenvalue weighted by molar-refractivity contribution is 7.89. The summed E-state index contributed by atoms with van der Waals surface area (Å²) in [5.41, 5.74) is 0. The van der Waals surface area contributed by atoms with E-state index in [2.05, 4.69) is 5.32 Å². The second-order valence-electron chi connectivity index (χ2n) is 5.17. The molecule has 1 fully saturated rings. The molecule has 1 amide bonds. The van der Waals surface area contributed by atoms with Crippen molar-refractivity contribution in [3.8, 4) is 0 Å². The summed E-state index contributed by atoms with van der Waals surface area (Å²) >= 11 is 0. The molecule has 2 rings (SSSR count). The zero-order valence-electron chi connectivity index (χ0n) is 12.4. The second-order valence-corrected chi connectivity index (χ2v) is 6.91. The van der Waals surface area contributed by atoms with E-state index < -0.39 is 45.3 Å². The third-order valence-electron chi connectivity index (χ3n) is 3.13. The average Bonchev–Trinajstić information content (AvgIpc) is 3.29. The van der Waals surface area contributed by atoms with E-state index in [0.29, 0.717) is 0 Å². The number of sulfonamides is 1. The molecular formula is C14H17FN2O5S. The summed E-state index contributed by atoms with van der Waals surface area (Å²) in [5.74, 6) is -2.29. The predicted octanol–water partition coefficient (Wildman–Crippen LogP) is 0.314. The van der Waals surface area contributed by atoms with E-state index in [-0.39, 0.29) is 6.04 Å². The van der Waals surface area contributed by atoms with Gasteiger partial charge in [-0.15, -0.1) is 0 Å². The first kappa shape index (κ1) is 17.4. The van der Waals surface area contributed by atoms with Gasteiger partial charge in [-0.3, -0.25) is 9.59 Å². The Morgan fingerprint density at radius 3 is 2.61 bits per heavy atom. The molecule has 0 aromatic heterocycles. The monoisotopic (exact) mass is 344 g/mol. The minimum absolute atomic E-state index is 0.128. The summed E-state index contributed by atoms with van der Waals surface area (Å²) in [7, 11) is -4.18. The van der Waals surface area contributed by atoms with Crippen molar-refractivity contribution >= 4 is 21.9 Å². The first-order valence-corrected chi connectivity index (χ1v) is 8.52. The van der Waals surface area contributed by atoms with Crippen LogP contribution in [0.25, 0.3) is 0 Å². The lowest BCUT2D eigenvalue weighted by Gasteiger charge is -2.13. The highest BCUT2D eigenvalue weighted by atomic mass is 32.2. The normalized spacial score (nSPS) is 15.7. The lowest BCUT2D eigenvalue weighted by atomic mass is 10.3. The highest BCUT2D eigenvalue weighted by Gasteiger charge is 2.27. The van der Waals surface area contributed by atoms with Gasteiger partial charge in [0.1, 0.15) is 17.3 Å². The first-order chi connectivity index (χ1) is 10.8. The smallest absolute Gasteiger partial charge is 0.321 e. The molecule has 0 heterocycles. The van der Waals surface area contributed by atoms with Crippen molar-refractivity contribution in [3.63, 3.8) is 0 Å². The van der Waals surface area contributed by atoms with E-state index >= 15 is 0 Å². The SMILES string of the molecule is C[C@@H](OC(=O)CNS(=O)(=O)c1ccccc1F)C(=O)NC1CC1. The third-order valence-corrected chi connectivity index (χ3v) is 4.57. The van der Waals surface area contributed by atoms with Crippen LogP contribution in [0.3, 0.4) is 0 Å². The number of rotatable bonds is 7. The van der Waals surface area contributed by atoms with Gasteiger partial charge in [-0.25, -0.2) is 12.8 Å². The van der Waals surface area contributed by atoms with Crippen molar-refractivity contribution < 1.29 is 27.1 Å². The molecule has 1 aromatic carbocycles. The number of halogens is 1. The van der Waals surface area contributed by atoms with Crippen LogP contribution in [0.2, 0.25) is 0 Å². The molecule has 0 bridgehead atoms. The van der Waals surface area contributed by atoms with Crippen LogP contribution in [0.5, 0.6) is 0 Å². The molecule has 2 N–H and O–H groups in total. The second kappa shape index (κ2) is 7.05. The molecule has 7 nitrogen and oxygen atoms in total. The lowest BCUT2D eigenvalue weighted by Crippen LogP contribution is -2.39. The maximum absolute atomic E-state index is 13.5. The van der Waals surface area contributed by atoms with Crippen LogP contribution in [-0.2, 0) is 24.3 Å². The minimum Gasteiger partial charge on any atom is -0.452 e. The Hall–Kier alpha value is -2.00. The topological polar surface area (TPSA) is 102 Å². The maximum Gasteiger partial charge on any atom is 0.321 e. The molecule has 0 spiro atoms. The molecule has 9 heteroatoms. The van der Waals surface area contributed by atoms with Crippen LogP contribution in [0.1, 0.15) is 19.8 Å². The molecular weight excluding hydrogens is 327 g/mol. The molecule has 23 heavy (non-hydrogen) atoms. The van der Waals surface area contributed by atoms with Gasteiger partial charge >= 0.3 is 5.97 Å². The van der Waals surface area contributed by atoms with E-state index in [1.54, 1.807) is 0 Å². The average molecular weight is 344 g/mol. The Morgan fingerprint density at radius 2 is 2.00 bits per heavy atom. The summed E-state index contributed by atoms with van der Waals surface area (Å²) in [5, 5.41) is 2.66. The van der Waals surface area contributed by atoms with Gasteiger partial charge in [0.05, 0.1) is 0 Å². The number of carbonyl (C=O) groups excluding carboxylic acids is 2. The number of hydrogen-bond donors (Lipinski definition) is 2. The van der Waals surface area contributed by atoms with E-state index in [4.69, 9.17) is 4.74 Å². The summed E-state index contributed by atoms with van der Waals surface area (Å²) in [6.45, 7) is 0.693. The van der Waals surface area contributed by atoms with Gasteiger partial charge in [-0.2, -0.15) is 4.72 Å². The minimum atomic E-state index is -4.18. The fourth-order valence-electron chi connectivity index (χ4n) is 1.73. The third kappa shape index (κ3) is 5.00. The first-order valence-electron chi connectivity index (χ1n) is 7.03. The molecule has 0 saturated heterocycles. The Bertz CT molecular complexity index is 703. The summed E-state index contributed by atoms with van der Waals surface area (Å²) < 4.78 is 44.0. The van der Waals surface area contributed by atoms with Gasteiger partial charge in [0.15, 0.2) is 6.10 Å². The Balaban J connectivity index is 1.85. The number of nitrogens with one attached hydrogen (secondary N) is 2. The predicted molar refractivity (Wildman–Crippen MR) is 78.3 cm³/mol. The van der Waals surface area contributed by atoms with Crippen LogP contribution in [-0.4, -0.2) is 39.0 Å². The fraction of sp³-hybridized carbons (Fsp3) is 0.429. The van der Waals surface area contributed by atoms with Gasteiger partial charge in [-0.1, -0.05) is 12.1 Å². The Labute approximate surface area is 133 Å². The van der Waals surface area contributed by atoms with Gasteiger partial charge in [0, 0.05) is 6.04 Å². The zero-order valence-corrected chi connectivity index (χ0v) is 13.2. The molecule has 126 valence electrons. The quantitative estimate of drug-likeness (QED) is 0.694. The molecule has 1 aliphatic rings. The molecule has 0 radical (unpaired) electrons. The molecule has 1 atom stereocenters.